The minimum absolute atomic E-state index is 0.724. The Morgan fingerprint density at radius 2 is 2.20 bits per heavy atom. The van der Waals surface area contributed by atoms with Crippen LogP contribution in [0.4, 0.5) is 5.82 Å². The van der Waals surface area contributed by atoms with Crippen LogP contribution in [0.3, 0.4) is 0 Å². The Hall–Kier alpha value is -1.61. The molecule has 1 aromatic heterocycles. The Morgan fingerprint density at radius 3 is 3.05 bits per heavy atom. The second-order valence-electron chi connectivity index (χ2n) is 5.85. The zero-order chi connectivity index (χ0) is 13.9. The first kappa shape index (κ1) is 13.4. The van der Waals surface area contributed by atoms with Crippen LogP contribution in [0.2, 0.25) is 0 Å². The minimum atomic E-state index is 0.724. The number of anilines is 1. The van der Waals surface area contributed by atoms with Crippen molar-refractivity contribution in [3.8, 4) is 0 Å². The number of fused-ring (bicyclic) bond motifs is 1. The maximum Gasteiger partial charge on any atom is 0.132 e. The molecule has 0 bridgehead atoms. The number of aromatic nitrogens is 1. The van der Waals surface area contributed by atoms with Crippen LogP contribution >= 0.6 is 0 Å². The lowest BCUT2D eigenvalue weighted by molar-refractivity contribution is 0.394. The number of hydrogen-bond acceptors (Lipinski definition) is 3. The van der Waals surface area contributed by atoms with Gasteiger partial charge in [-0.3, -0.25) is 0 Å². The van der Waals surface area contributed by atoms with Gasteiger partial charge in [-0.05, 0) is 56.3 Å². The summed E-state index contributed by atoms with van der Waals surface area (Å²) in [5.74, 6) is 1.88. The third-order valence-corrected chi connectivity index (χ3v) is 4.28. The van der Waals surface area contributed by atoms with E-state index >= 15 is 0 Å². The van der Waals surface area contributed by atoms with Crippen LogP contribution in [0, 0.1) is 12.8 Å². The van der Waals surface area contributed by atoms with Crippen LogP contribution in [-0.4, -0.2) is 24.6 Å². The maximum absolute atomic E-state index is 5.71. The van der Waals surface area contributed by atoms with Crippen LogP contribution in [-0.2, 0) is 0 Å². The number of nitrogens with zero attached hydrogens (tertiary/aromatic N) is 2. The molecule has 0 saturated carbocycles. The Kier molecular flexibility index (Phi) is 3.88. The molecular weight excluding hydrogens is 246 g/mol. The van der Waals surface area contributed by atoms with E-state index in [4.69, 9.17) is 10.7 Å². The summed E-state index contributed by atoms with van der Waals surface area (Å²) < 4.78 is 0. The summed E-state index contributed by atoms with van der Waals surface area (Å²) in [5, 5.41) is 1.23. The molecule has 0 amide bonds. The van der Waals surface area contributed by atoms with Gasteiger partial charge in [0.05, 0.1) is 5.52 Å². The molecule has 1 aliphatic rings. The van der Waals surface area contributed by atoms with Gasteiger partial charge < -0.3 is 10.6 Å². The number of nitrogens with two attached hydrogens (primary N) is 1. The van der Waals surface area contributed by atoms with Crippen molar-refractivity contribution >= 4 is 16.7 Å². The summed E-state index contributed by atoms with van der Waals surface area (Å²) in [4.78, 5) is 7.34. The fraction of sp³-hybridized carbons (Fsp3) is 0.471. The average molecular weight is 269 g/mol. The predicted octanol–water partition coefficient (Wildman–Crippen LogP) is 3.11. The number of aryl methyl sites for hydroxylation is 1. The molecule has 1 unspecified atom stereocenters. The quantitative estimate of drug-likeness (QED) is 0.931. The highest BCUT2D eigenvalue weighted by Crippen LogP contribution is 2.28. The van der Waals surface area contributed by atoms with E-state index in [1.165, 1.54) is 23.8 Å². The second kappa shape index (κ2) is 5.80. The molecule has 2 N–H and O–H groups in total. The molecule has 1 atom stereocenters. The molecule has 0 spiro atoms. The van der Waals surface area contributed by atoms with Gasteiger partial charge in [-0.25, -0.2) is 4.98 Å². The molecule has 20 heavy (non-hydrogen) atoms. The van der Waals surface area contributed by atoms with E-state index in [0.29, 0.717) is 0 Å². The Labute approximate surface area is 120 Å². The molecule has 2 heterocycles. The highest BCUT2D eigenvalue weighted by atomic mass is 15.2. The Morgan fingerprint density at radius 1 is 1.35 bits per heavy atom. The number of hydrogen-bond donors (Lipinski definition) is 1. The van der Waals surface area contributed by atoms with Gasteiger partial charge in [0.2, 0.25) is 0 Å². The van der Waals surface area contributed by atoms with E-state index in [1.807, 2.05) is 0 Å². The van der Waals surface area contributed by atoms with Gasteiger partial charge in [0.1, 0.15) is 5.82 Å². The van der Waals surface area contributed by atoms with Crippen molar-refractivity contribution in [3.63, 3.8) is 0 Å². The average Bonchev–Trinajstić information content (AvgIpc) is 2.47. The van der Waals surface area contributed by atoms with Crippen molar-refractivity contribution in [2.45, 2.75) is 26.2 Å². The van der Waals surface area contributed by atoms with Gasteiger partial charge in [-0.1, -0.05) is 18.2 Å². The summed E-state index contributed by atoms with van der Waals surface area (Å²) in [5.41, 5.74) is 8.08. The van der Waals surface area contributed by atoms with Gasteiger partial charge in [0.15, 0.2) is 0 Å². The molecular formula is C17H23N3. The largest absolute Gasteiger partial charge is 0.356 e. The van der Waals surface area contributed by atoms with Crippen LogP contribution in [0.1, 0.15) is 24.8 Å². The third kappa shape index (κ3) is 2.63. The standard InChI is InChI=1S/C17H23N3/c1-13-11-15-6-2-3-7-16(15)19-17(13)20-10-4-5-14(12-20)8-9-18/h2-3,6-7,11,14H,4-5,8-10,12,18H2,1H3. The molecule has 1 aromatic carbocycles. The summed E-state index contributed by atoms with van der Waals surface area (Å²) >= 11 is 0. The SMILES string of the molecule is Cc1cc2ccccc2nc1N1CCCC(CCN)C1. The number of benzene rings is 1. The lowest BCUT2D eigenvalue weighted by Gasteiger charge is -2.34. The zero-order valence-electron chi connectivity index (χ0n) is 12.2. The van der Waals surface area contributed by atoms with Gasteiger partial charge in [0.25, 0.3) is 0 Å². The molecule has 3 rings (SSSR count). The van der Waals surface area contributed by atoms with Crippen molar-refractivity contribution in [1.82, 2.24) is 4.98 Å². The fourth-order valence-corrected chi connectivity index (χ4v) is 3.26. The van der Waals surface area contributed by atoms with Crippen LogP contribution < -0.4 is 10.6 Å². The van der Waals surface area contributed by atoms with Crippen molar-refractivity contribution in [3.05, 3.63) is 35.9 Å². The molecule has 1 aliphatic heterocycles. The second-order valence-corrected chi connectivity index (χ2v) is 5.85. The van der Waals surface area contributed by atoms with E-state index < -0.39 is 0 Å². The highest BCUT2D eigenvalue weighted by Gasteiger charge is 2.21. The number of para-hydroxylation sites is 1. The van der Waals surface area contributed by atoms with E-state index in [2.05, 4.69) is 42.2 Å². The van der Waals surface area contributed by atoms with E-state index in [9.17, 15) is 0 Å². The Balaban J connectivity index is 1.90. The monoisotopic (exact) mass is 269 g/mol. The fourth-order valence-electron chi connectivity index (χ4n) is 3.26. The summed E-state index contributed by atoms with van der Waals surface area (Å²) in [6, 6.07) is 10.6. The van der Waals surface area contributed by atoms with Crippen LogP contribution in [0.15, 0.2) is 30.3 Å². The van der Waals surface area contributed by atoms with E-state index in [-0.39, 0.29) is 0 Å². The van der Waals surface area contributed by atoms with Gasteiger partial charge >= 0.3 is 0 Å². The smallest absolute Gasteiger partial charge is 0.132 e. The molecule has 1 fully saturated rings. The first-order valence-corrected chi connectivity index (χ1v) is 7.59. The molecule has 3 heteroatoms. The first-order chi connectivity index (χ1) is 9.78. The third-order valence-electron chi connectivity index (χ3n) is 4.28. The molecule has 106 valence electrons. The van der Waals surface area contributed by atoms with Gasteiger partial charge in [0, 0.05) is 18.5 Å². The highest BCUT2D eigenvalue weighted by molar-refractivity contribution is 5.81. The normalized spacial score (nSPS) is 19.5. The number of piperidine rings is 1. The van der Waals surface area contributed by atoms with E-state index in [0.717, 1.165) is 43.3 Å². The summed E-state index contributed by atoms with van der Waals surface area (Å²) in [6.07, 6.45) is 3.68. The molecule has 3 nitrogen and oxygen atoms in total. The lowest BCUT2D eigenvalue weighted by atomic mass is 9.94. The van der Waals surface area contributed by atoms with Crippen molar-refractivity contribution in [1.29, 1.82) is 0 Å². The molecule has 1 saturated heterocycles. The lowest BCUT2D eigenvalue weighted by Crippen LogP contribution is -2.37. The maximum atomic E-state index is 5.71. The Bertz CT molecular complexity index is 592. The van der Waals surface area contributed by atoms with Gasteiger partial charge in [-0.2, -0.15) is 0 Å². The summed E-state index contributed by atoms with van der Waals surface area (Å²) in [7, 11) is 0. The first-order valence-electron chi connectivity index (χ1n) is 7.59. The van der Waals surface area contributed by atoms with Crippen LogP contribution in [0.25, 0.3) is 10.9 Å². The zero-order valence-corrected chi connectivity index (χ0v) is 12.2. The van der Waals surface area contributed by atoms with Crippen molar-refractivity contribution < 1.29 is 0 Å². The molecule has 0 aliphatic carbocycles. The summed E-state index contributed by atoms with van der Waals surface area (Å²) in [6.45, 7) is 5.18. The van der Waals surface area contributed by atoms with Crippen molar-refractivity contribution in [2.24, 2.45) is 11.7 Å². The minimum Gasteiger partial charge on any atom is -0.356 e. The van der Waals surface area contributed by atoms with Crippen LogP contribution in [0.5, 0.6) is 0 Å². The number of rotatable bonds is 3. The van der Waals surface area contributed by atoms with Gasteiger partial charge in [-0.15, -0.1) is 0 Å². The van der Waals surface area contributed by atoms with E-state index in [1.54, 1.807) is 0 Å². The number of pyridine rings is 1. The topological polar surface area (TPSA) is 42.2 Å². The molecule has 0 radical (unpaired) electrons. The molecule has 2 aromatic rings. The van der Waals surface area contributed by atoms with Crippen molar-refractivity contribution in [2.75, 3.05) is 24.5 Å². The predicted molar refractivity (Wildman–Crippen MR) is 85.1 cm³/mol.